The number of nitrogens with zero attached hydrogens (tertiary/aromatic N) is 1. The lowest BCUT2D eigenvalue weighted by Crippen LogP contribution is -2.48. The summed E-state index contributed by atoms with van der Waals surface area (Å²) in [5, 5.41) is 2.87. The fourth-order valence-corrected chi connectivity index (χ4v) is 4.36. The average Bonchev–Trinajstić information content (AvgIpc) is 2.54. The van der Waals surface area contributed by atoms with Crippen LogP contribution >= 0.6 is 0 Å². The molecule has 1 fully saturated rings. The third-order valence-electron chi connectivity index (χ3n) is 4.46. The predicted molar refractivity (Wildman–Crippen MR) is 92.8 cm³/mol. The molecule has 1 N–H and O–H groups in total. The summed E-state index contributed by atoms with van der Waals surface area (Å²) in [6.45, 7) is 2.12. The molecule has 0 bridgehead atoms. The van der Waals surface area contributed by atoms with Gasteiger partial charge in [-0.1, -0.05) is 19.3 Å². The van der Waals surface area contributed by atoms with Gasteiger partial charge in [0.05, 0.1) is 11.9 Å². The molecule has 0 unspecified atom stereocenters. The lowest BCUT2D eigenvalue weighted by Gasteiger charge is -2.29. The van der Waals surface area contributed by atoms with Crippen molar-refractivity contribution in [3.63, 3.8) is 0 Å². The minimum atomic E-state index is -3.67. The molecule has 24 heavy (non-hydrogen) atoms. The third kappa shape index (κ3) is 4.93. The Kier molecular flexibility index (Phi) is 6.21. The first kappa shape index (κ1) is 18.7. The minimum absolute atomic E-state index is 0.277. The van der Waals surface area contributed by atoms with Gasteiger partial charge in [-0.2, -0.15) is 0 Å². The van der Waals surface area contributed by atoms with E-state index in [1.54, 1.807) is 6.92 Å². The van der Waals surface area contributed by atoms with Crippen molar-refractivity contribution in [2.45, 2.75) is 45.1 Å². The van der Waals surface area contributed by atoms with Crippen molar-refractivity contribution < 1.29 is 17.6 Å². The zero-order valence-electron chi connectivity index (χ0n) is 14.2. The molecule has 1 atom stereocenters. The van der Waals surface area contributed by atoms with Gasteiger partial charge in [-0.3, -0.25) is 9.10 Å². The highest BCUT2D eigenvalue weighted by Crippen LogP contribution is 2.24. The second-order valence-corrected chi connectivity index (χ2v) is 8.32. The van der Waals surface area contributed by atoms with E-state index in [0.29, 0.717) is 12.5 Å². The van der Waals surface area contributed by atoms with E-state index in [-0.39, 0.29) is 11.6 Å². The summed E-state index contributed by atoms with van der Waals surface area (Å²) in [6.07, 6.45) is 6.85. The molecule has 7 heteroatoms. The number of carbonyl (C=O) groups excluding carboxylic acids is 1. The van der Waals surface area contributed by atoms with Crippen molar-refractivity contribution in [1.82, 2.24) is 5.32 Å². The molecule has 0 aliphatic heterocycles. The van der Waals surface area contributed by atoms with Gasteiger partial charge in [0, 0.05) is 6.54 Å². The zero-order valence-corrected chi connectivity index (χ0v) is 15.0. The Morgan fingerprint density at radius 1 is 1.25 bits per heavy atom. The van der Waals surface area contributed by atoms with Crippen molar-refractivity contribution in [3.8, 4) is 0 Å². The van der Waals surface area contributed by atoms with E-state index in [1.165, 1.54) is 43.5 Å². The zero-order chi connectivity index (χ0) is 17.7. The van der Waals surface area contributed by atoms with Crippen molar-refractivity contribution >= 4 is 21.6 Å². The Hall–Kier alpha value is -1.63. The monoisotopic (exact) mass is 356 g/mol. The van der Waals surface area contributed by atoms with Crippen LogP contribution in [0.4, 0.5) is 10.1 Å². The Balaban J connectivity index is 2.08. The molecule has 1 aliphatic carbocycles. The SMILES string of the molecule is C[C@@H](C(=O)NCC1CCCCC1)N(c1ccc(F)cc1)S(C)(=O)=O. The summed E-state index contributed by atoms with van der Waals surface area (Å²) >= 11 is 0. The third-order valence-corrected chi connectivity index (χ3v) is 5.70. The van der Waals surface area contributed by atoms with Gasteiger partial charge in [0.1, 0.15) is 11.9 Å². The van der Waals surface area contributed by atoms with Gasteiger partial charge in [0.2, 0.25) is 15.9 Å². The smallest absolute Gasteiger partial charge is 0.243 e. The van der Waals surface area contributed by atoms with E-state index < -0.39 is 21.9 Å². The van der Waals surface area contributed by atoms with Crippen LogP contribution in [-0.4, -0.2) is 33.2 Å². The number of halogens is 1. The van der Waals surface area contributed by atoms with Gasteiger partial charge in [-0.05, 0) is 49.9 Å². The Labute approximate surface area is 143 Å². The highest BCUT2D eigenvalue weighted by molar-refractivity contribution is 7.92. The van der Waals surface area contributed by atoms with E-state index in [9.17, 15) is 17.6 Å². The van der Waals surface area contributed by atoms with Gasteiger partial charge in [0.15, 0.2) is 0 Å². The topological polar surface area (TPSA) is 66.5 Å². The van der Waals surface area contributed by atoms with Crippen LogP contribution in [0, 0.1) is 11.7 Å². The highest BCUT2D eigenvalue weighted by Gasteiger charge is 2.29. The molecule has 1 aliphatic rings. The fourth-order valence-electron chi connectivity index (χ4n) is 3.18. The molecule has 0 radical (unpaired) electrons. The molecule has 1 aromatic carbocycles. The first-order chi connectivity index (χ1) is 11.3. The predicted octanol–water partition coefficient (Wildman–Crippen LogP) is 2.68. The van der Waals surface area contributed by atoms with Crippen LogP contribution in [0.3, 0.4) is 0 Å². The Morgan fingerprint density at radius 2 is 1.83 bits per heavy atom. The van der Waals surface area contributed by atoms with Crippen molar-refractivity contribution in [2.24, 2.45) is 5.92 Å². The molecule has 134 valence electrons. The van der Waals surface area contributed by atoms with E-state index in [0.717, 1.165) is 23.4 Å². The number of carbonyl (C=O) groups is 1. The summed E-state index contributed by atoms with van der Waals surface area (Å²) in [7, 11) is -3.67. The first-order valence-corrected chi connectivity index (χ1v) is 10.2. The maximum absolute atomic E-state index is 13.1. The summed E-state index contributed by atoms with van der Waals surface area (Å²) in [4.78, 5) is 12.4. The second kappa shape index (κ2) is 7.96. The van der Waals surface area contributed by atoms with Gasteiger partial charge < -0.3 is 5.32 Å². The highest BCUT2D eigenvalue weighted by atomic mass is 32.2. The number of nitrogens with one attached hydrogen (secondary N) is 1. The Morgan fingerprint density at radius 3 is 2.38 bits per heavy atom. The normalized spacial score (nSPS) is 17.3. The van der Waals surface area contributed by atoms with Crippen LogP contribution in [0.5, 0.6) is 0 Å². The molecule has 0 spiro atoms. The summed E-state index contributed by atoms with van der Waals surface area (Å²) < 4.78 is 38.4. The second-order valence-electron chi connectivity index (χ2n) is 6.46. The number of hydrogen-bond acceptors (Lipinski definition) is 3. The maximum atomic E-state index is 13.1. The standard InChI is InChI=1S/C17H25FN2O3S/c1-13(17(21)19-12-14-6-4-3-5-7-14)20(24(2,22)23)16-10-8-15(18)9-11-16/h8-11,13-14H,3-7,12H2,1-2H3,(H,19,21)/t13-/m0/s1. The van der Waals surface area contributed by atoms with Crippen LogP contribution in [0.2, 0.25) is 0 Å². The number of benzene rings is 1. The Bertz CT molecular complexity index is 655. The largest absolute Gasteiger partial charge is 0.354 e. The number of rotatable bonds is 6. The minimum Gasteiger partial charge on any atom is -0.354 e. The molecule has 1 amide bonds. The van der Waals surface area contributed by atoms with E-state index in [4.69, 9.17) is 0 Å². The number of anilines is 1. The summed E-state index contributed by atoms with van der Waals surface area (Å²) in [5.74, 6) is -0.329. The van der Waals surface area contributed by atoms with E-state index >= 15 is 0 Å². The molecule has 5 nitrogen and oxygen atoms in total. The molecule has 1 saturated carbocycles. The first-order valence-electron chi connectivity index (χ1n) is 8.31. The van der Waals surface area contributed by atoms with Gasteiger partial charge >= 0.3 is 0 Å². The van der Waals surface area contributed by atoms with Crippen LogP contribution < -0.4 is 9.62 Å². The van der Waals surface area contributed by atoms with Crippen LogP contribution in [0.25, 0.3) is 0 Å². The van der Waals surface area contributed by atoms with Crippen LogP contribution in [-0.2, 0) is 14.8 Å². The summed E-state index contributed by atoms with van der Waals surface area (Å²) in [6, 6.07) is 4.19. The van der Waals surface area contributed by atoms with Crippen molar-refractivity contribution in [1.29, 1.82) is 0 Å². The lowest BCUT2D eigenvalue weighted by molar-refractivity contribution is -0.122. The van der Waals surface area contributed by atoms with Crippen LogP contribution in [0.15, 0.2) is 24.3 Å². The molecular formula is C17H25FN2O3S. The fraction of sp³-hybridized carbons (Fsp3) is 0.588. The van der Waals surface area contributed by atoms with Gasteiger partial charge in [-0.25, -0.2) is 12.8 Å². The van der Waals surface area contributed by atoms with E-state index in [2.05, 4.69) is 5.32 Å². The quantitative estimate of drug-likeness (QED) is 0.852. The molecular weight excluding hydrogens is 331 g/mol. The molecule has 0 saturated heterocycles. The van der Waals surface area contributed by atoms with E-state index in [1.807, 2.05) is 0 Å². The summed E-state index contributed by atoms with van der Waals surface area (Å²) in [5.41, 5.74) is 0.277. The van der Waals surface area contributed by atoms with Crippen molar-refractivity contribution in [3.05, 3.63) is 30.1 Å². The molecule has 0 aromatic heterocycles. The van der Waals surface area contributed by atoms with Gasteiger partial charge in [0.25, 0.3) is 0 Å². The number of sulfonamides is 1. The molecule has 1 aromatic rings. The lowest BCUT2D eigenvalue weighted by atomic mass is 9.89. The molecule has 0 heterocycles. The maximum Gasteiger partial charge on any atom is 0.243 e. The van der Waals surface area contributed by atoms with Gasteiger partial charge in [-0.15, -0.1) is 0 Å². The van der Waals surface area contributed by atoms with Crippen LogP contribution in [0.1, 0.15) is 39.0 Å². The average molecular weight is 356 g/mol. The molecule has 2 rings (SSSR count). The number of amides is 1. The van der Waals surface area contributed by atoms with Crippen molar-refractivity contribution in [2.75, 3.05) is 17.1 Å². The number of hydrogen-bond donors (Lipinski definition) is 1.